The molecule has 8 nitrogen and oxygen atoms in total. The van der Waals surface area contributed by atoms with E-state index in [1.54, 1.807) is 7.11 Å². The van der Waals surface area contributed by atoms with Crippen LogP contribution in [0.15, 0.2) is 28.7 Å². The first-order valence-corrected chi connectivity index (χ1v) is 11.5. The number of aliphatic hydroxyl groups excluding tert-OH is 2. The molecule has 2 heterocycles. The molecule has 1 atom stereocenters. The molecule has 8 heteroatoms. The maximum atomic E-state index is 9.62. The molecule has 1 aliphatic rings. The number of hydrogen-bond donors (Lipinski definition) is 2. The zero-order chi connectivity index (χ0) is 23.4. The van der Waals surface area contributed by atoms with Gasteiger partial charge in [0.2, 0.25) is 17.7 Å². The zero-order valence-corrected chi connectivity index (χ0v) is 19.4. The second kappa shape index (κ2) is 10.3. The van der Waals surface area contributed by atoms with Crippen molar-refractivity contribution in [2.75, 3.05) is 20.3 Å². The second-order valence-corrected chi connectivity index (χ2v) is 8.50. The summed E-state index contributed by atoms with van der Waals surface area (Å²) in [4.78, 5) is 4.64. The molecule has 2 N–H and O–H groups in total. The van der Waals surface area contributed by atoms with Crippen LogP contribution in [-0.4, -0.2) is 51.8 Å². The number of pyridine rings is 1. The molecule has 3 aromatic rings. The molecule has 0 radical (unpaired) electrons. The number of benzene rings is 1. The summed E-state index contributed by atoms with van der Waals surface area (Å²) >= 11 is 0. The topological polar surface area (TPSA) is 111 Å². The molecule has 0 amide bonds. The third kappa shape index (κ3) is 5.17. The van der Waals surface area contributed by atoms with Gasteiger partial charge in [0.15, 0.2) is 0 Å². The average molecular weight is 454 g/mol. The molecule has 2 aromatic heterocycles. The highest BCUT2D eigenvalue weighted by molar-refractivity contribution is 5.63. The lowest BCUT2D eigenvalue weighted by atomic mass is 10.0. The number of rotatable bonds is 9. The third-order valence-electron chi connectivity index (χ3n) is 6.09. The minimum absolute atomic E-state index is 0.0294. The maximum Gasteiger partial charge on any atom is 0.248 e. The lowest BCUT2D eigenvalue weighted by Gasteiger charge is -2.16. The van der Waals surface area contributed by atoms with Crippen LogP contribution in [-0.2, 0) is 6.42 Å². The van der Waals surface area contributed by atoms with Crippen LogP contribution >= 0.6 is 0 Å². The monoisotopic (exact) mass is 453 g/mol. The van der Waals surface area contributed by atoms with Gasteiger partial charge in [0, 0.05) is 28.8 Å². The summed E-state index contributed by atoms with van der Waals surface area (Å²) < 4.78 is 17.3. The molecule has 0 spiro atoms. The largest absolute Gasteiger partial charge is 0.490 e. The van der Waals surface area contributed by atoms with Crippen molar-refractivity contribution in [2.45, 2.75) is 58.0 Å². The van der Waals surface area contributed by atoms with Crippen molar-refractivity contribution < 1.29 is 24.1 Å². The van der Waals surface area contributed by atoms with E-state index in [2.05, 4.69) is 15.2 Å². The number of hydrogen-bond acceptors (Lipinski definition) is 8. The fraction of sp³-hybridized carbons (Fsp3) is 0.480. The molecule has 4 rings (SSSR count). The van der Waals surface area contributed by atoms with E-state index < -0.39 is 6.10 Å². The van der Waals surface area contributed by atoms with E-state index in [-0.39, 0.29) is 13.2 Å². The molecular weight excluding hydrogens is 422 g/mol. The van der Waals surface area contributed by atoms with Crippen LogP contribution in [0.5, 0.6) is 11.6 Å². The Kier molecular flexibility index (Phi) is 7.25. The quantitative estimate of drug-likeness (QED) is 0.499. The molecule has 1 unspecified atom stereocenters. The molecule has 1 aliphatic carbocycles. The smallest absolute Gasteiger partial charge is 0.248 e. The van der Waals surface area contributed by atoms with Gasteiger partial charge in [0.05, 0.1) is 13.7 Å². The van der Waals surface area contributed by atoms with Crippen LogP contribution in [0.4, 0.5) is 0 Å². The number of nitrogens with zero attached hydrogens (tertiary/aromatic N) is 3. The van der Waals surface area contributed by atoms with E-state index >= 15 is 0 Å². The first-order chi connectivity index (χ1) is 16.0. The highest BCUT2D eigenvalue weighted by Crippen LogP contribution is 2.37. The molecule has 1 aromatic carbocycles. The summed E-state index contributed by atoms with van der Waals surface area (Å²) in [5.74, 6) is 2.53. The summed E-state index contributed by atoms with van der Waals surface area (Å²) in [6.45, 7) is 3.65. The van der Waals surface area contributed by atoms with Gasteiger partial charge < -0.3 is 24.1 Å². The molecule has 0 aliphatic heterocycles. The maximum absolute atomic E-state index is 9.62. The van der Waals surface area contributed by atoms with Crippen molar-refractivity contribution in [3.05, 3.63) is 41.1 Å². The lowest BCUT2D eigenvalue weighted by molar-refractivity contribution is 0.0531. The number of aliphatic hydroxyl groups is 2. The SMILES string of the molecule is CCc1cc(-c2nnc(-c3cc(OC)nc(C4CCCC4)c3)o2)cc(C)c1OCC(O)CO. The van der Waals surface area contributed by atoms with E-state index in [9.17, 15) is 5.11 Å². The predicted molar refractivity (Wildman–Crippen MR) is 123 cm³/mol. The normalized spacial score (nSPS) is 15.1. The summed E-state index contributed by atoms with van der Waals surface area (Å²) in [6, 6.07) is 7.74. The Labute approximate surface area is 193 Å². The van der Waals surface area contributed by atoms with Crippen LogP contribution in [0.1, 0.15) is 55.3 Å². The number of ether oxygens (including phenoxy) is 2. The van der Waals surface area contributed by atoms with Gasteiger partial charge in [-0.15, -0.1) is 10.2 Å². The Hall–Kier alpha value is -2.97. The van der Waals surface area contributed by atoms with E-state index in [1.165, 1.54) is 12.8 Å². The molecule has 0 saturated heterocycles. The standard InChI is InChI=1S/C25H31N3O5/c1-4-16-10-18(9-15(2)23(16)32-14-20(30)13-29)24-27-28-25(33-24)19-11-21(17-7-5-6-8-17)26-22(12-19)31-3/h9-12,17,20,29-30H,4-8,13-14H2,1-3H3. The second-order valence-electron chi connectivity index (χ2n) is 8.50. The van der Waals surface area contributed by atoms with Crippen LogP contribution in [0.2, 0.25) is 0 Å². The fourth-order valence-electron chi connectivity index (χ4n) is 4.31. The minimum Gasteiger partial charge on any atom is -0.490 e. The summed E-state index contributed by atoms with van der Waals surface area (Å²) in [5, 5.41) is 27.2. The Morgan fingerprint density at radius 3 is 2.42 bits per heavy atom. The highest BCUT2D eigenvalue weighted by Gasteiger charge is 2.22. The van der Waals surface area contributed by atoms with E-state index in [0.717, 1.165) is 47.2 Å². The van der Waals surface area contributed by atoms with E-state index in [0.29, 0.717) is 29.3 Å². The summed E-state index contributed by atoms with van der Waals surface area (Å²) in [5.41, 5.74) is 4.47. The predicted octanol–water partition coefficient (Wildman–Crippen LogP) is 4.07. The van der Waals surface area contributed by atoms with Gasteiger partial charge >= 0.3 is 0 Å². The van der Waals surface area contributed by atoms with Crippen molar-refractivity contribution in [3.8, 4) is 34.5 Å². The average Bonchev–Trinajstić information content (AvgIpc) is 3.55. The molecule has 176 valence electrons. The Morgan fingerprint density at radius 1 is 1.09 bits per heavy atom. The Balaban J connectivity index is 1.63. The molecule has 1 saturated carbocycles. The number of aryl methyl sites for hydroxylation is 2. The van der Waals surface area contributed by atoms with Crippen molar-refractivity contribution in [3.63, 3.8) is 0 Å². The first kappa shape index (κ1) is 23.2. The van der Waals surface area contributed by atoms with Crippen molar-refractivity contribution >= 4 is 0 Å². The molecule has 33 heavy (non-hydrogen) atoms. The van der Waals surface area contributed by atoms with Crippen molar-refractivity contribution in [1.82, 2.24) is 15.2 Å². The number of methoxy groups -OCH3 is 1. The highest BCUT2D eigenvalue weighted by atomic mass is 16.5. The van der Waals surface area contributed by atoms with E-state index in [1.807, 2.05) is 38.1 Å². The van der Waals surface area contributed by atoms with E-state index in [4.69, 9.17) is 19.0 Å². The minimum atomic E-state index is -0.918. The van der Waals surface area contributed by atoms with Gasteiger partial charge in [-0.3, -0.25) is 0 Å². The summed E-state index contributed by atoms with van der Waals surface area (Å²) in [7, 11) is 1.61. The van der Waals surface area contributed by atoms with Crippen molar-refractivity contribution in [2.24, 2.45) is 0 Å². The zero-order valence-electron chi connectivity index (χ0n) is 19.4. The first-order valence-electron chi connectivity index (χ1n) is 11.5. The molecule has 0 bridgehead atoms. The Morgan fingerprint density at radius 2 is 1.79 bits per heavy atom. The van der Waals surface area contributed by atoms with Crippen LogP contribution in [0, 0.1) is 6.92 Å². The molecular formula is C25H31N3O5. The summed E-state index contributed by atoms with van der Waals surface area (Å²) in [6.07, 6.45) is 4.53. The van der Waals surface area contributed by atoms with Gasteiger partial charge in [-0.1, -0.05) is 19.8 Å². The van der Waals surface area contributed by atoms with Crippen molar-refractivity contribution in [1.29, 1.82) is 0 Å². The van der Waals surface area contributed by atoms with Gasteiger partial charge in [-0.25, -0.2) is 4.98 Å². The third-order valence-corrected chi connectivity index (χ3v) is 6.09. The van der Waals surface area contributed by atoms with Crippen LogP contribution in [0.25, 0.3) is 22.9 Å². The van der Waals surface area contributed by atoms with Gasteiger partial charge in [-0.2, -0.15) is 0 Å². The Bertz CT molecular complexity index is 1090. The van der Waals surface area contributed by atoms with Gasteiger partial charge in [-0.05, 0) is 55.5 Å². The fourth-order valence-corrected chi connectivity index (χ4v) is 4.31. The van der Waals surface area contributed by atoms with Crippen LogP contribution < -0.4 is 9.47 Å². The van der Waals surface area contributed by atoms with Crippen LogP contribution in [0.3, 0.4) is 0 Å². The lowest BCUT2D eigenvalue weighted by Crippen LogP contribution is -2.22. The van der Waals surface area contributed by atoms with Gasteiger partial charge in [0.25, 0.3) is 0 Å². The number of aromatic nitrogens is 3. The van der Waals surface area contributed by atoms with Gasteiger partial charge in [0.1, 0.15) is 18.5 Å². The molecule has 1 fully saturated rings.